The fourth-order valence-electron chi connectivity index (χ4n) is 1.99. The van der Waals surface area contributed by atoms with E-state index in [-0.39, 0.29) is 0 Å². The van der Waals surface area contributed by atoms with Crippen LogP contribution in [0.15, 0.2) is 0 Å². The molecule has 0 spiro atoms. The molecule has 1 rings (SSSR count). The van der Waals surface area contributed by atoms with Gasteiger partial charge in [0, 0.05) is 12.6 Å². The summed E-state index contributed by atoms with van der Waals surface area (Å²) in [5.41, 5.74) is 0. The molecule has 2 heteroatoms. The predicted octanol–water partition coefficient (Wildman–Crippen LogP) is 1.47. The fraction of sp³-hybridized carbons (Fsp3) is 1.00. The maximum atomic E-state index is 3.27. The molecule has 0 bridgehead atoms. The molecule has 0 aromatic carbocycles. The molecule has 2 nitrogen and oxygen atoms in total. The van der Waals surface area contributed by atoms with Crippen LogP contribution in [0.25, 0.3) is 0 Å². The standard InChI is InChI=1S/C10H22N2/c1-11-9-10-7-5-3-4-6-8-12(10)2/h10-11H,3-9H2,1-2H3. The first kappa shape index (κ1) is 10.0. The second-order valence-corrected chi connectivity index (χ2v) is 3.89. The largest absolute Gasteiger partial charge is 0.318 e. The third kappa shape index (κ3) is 3.11. The Kier molecular flexibility index (Phi) is 4.62. The molecule has 0 aliphatic carbocycles. The summed E-state index contributed by atoms with van der Waals surface area (Å²) in [5.74, 6) is 0. The lowest BCUT2D eigenvalue weighted by Gasteiger charge is -2.29. The van der Waals surface area contributed by atoms with Crippen molar-refractivity contribution in [1.82, 2.24) is 10.2 Å². The van der Waals surface area contributed by atoms with Crippen LogP contribution in [0, 0.1) is 0 Å². The highest BCUT2D eigenvalue weighted by Gasteiger charge is 2.14. The van der Waals surface area contributed by atoms with Gasteiger partial charge in [-0.05, 0) is 33.5 Å². The number of likely N-dealkylation sites (N-methyl/N-ethyl adjacent to an activating group) is 2. The third-order valence-electron chi connectivity index (χ3n) is 2.86. The van der Waals surface area contributed by atoms with E-state index in [0.717, 1.165) is 12.6 Å². The van der Waals surface area contributed by atoms with Gasteiger partial charge in [0.15, 0.2) is 0 Å². The van der Waals surface area contributed by atoms with Gasteiger partial charge in [-0.15, -0.1) is 0 Å². The van der Waals surface area contributed by atoms with E-state index in [1.807, 2.05) is 7.05 Å². The van der Waals surface area contributed by atoms with Crippen LogP contribution in [0.5, 0.6) is 0 Å². The molecule has 0 aromatic rings. The maximum Gasteiger partial charge on any atom is 0.0217 e. The van der Waals surface area contributed by atoms with Crippen LogP contribution in [0.4, 0.5) is 0 Å². The highest BCUT2D eigenvalue weighted by Crippen LogP contribution is 2.14. The lowest BCUT2D eigenvalue weighted by molar-refractivity contribution is 0.205. The van der Waals surface area contributed by atoms with Crippen LogP contribution in [-0.2, 0) is 0 Å². The number of rotatable bonds is 2. The summed E-state index contributed by atoms with van der Waals surface area (Å²) >= 11 is 0. The zero-order valence-electron chi connectivity index (χ0n) is 8.47. The summed E-state index contributed by atoms with van der Waals surface area (Å²) in [6.45, 7) is 2.43. The zero-order valence-corrected chi connectivity index (χ0v) is 8.47. The molecule has 12 heavy (non-hydrogen) atoms. The van der Waals surface area contributed by atoms with Crippen LogP contribution in [0.3, 0.4) is 0 Å². The lowest BCUT2D eigenvalue weighted by Crippen LogP contribution is -2.40. The van der Waals surface area contributed by atoms with Gasteiger partial charge in [-0.2, -0.15) is 0 Å². The molecule has 72 valence electrons. The van der Waals surface area contributed by atoms with Crippen molar-refractivity contribution >= 4 is 0 Å². The van der Waals surface area contributed by atoms with E-state index >= 15 is 0 Å². The highest BCUT2D eigenvalue weighted by atomic mass is 15.1. The van der Waals surface area contributed by atoms with Gasteiger partial charge in [0.05, 0.1) is 0 Å². The second kappa shape index (κ2) is 5.55. The van der Waals surface area contributed by atoms with Gasteiger partial charge in [-0.3, -0.25) is 0 Å². The van der Waals surface area contributed by atoms with Gasteiger partial charge in [0.1, 0.15) is 0 Å². The minimum atomic E-state index is 0.773. The van der Waals surface area contributed by atoms with Gasteiger partial charge in [-0.1, -0.05) is 19.3 Å². The van der Waals surface area contributed by atoms with Gasteiger partial charge in [0.25, 0.3) is 0 Å². The summed E-state index contributed by atoms with van der Waals surface area (Å²) in [7, 11) is 4.31. The number of nitrogens with one attached hydrogen (secondary N) is 1. The molecule has 1 heterocycles. The normalized spacial score (nSPS) is 28.0. The Balaban J connectivity index is 2.32. The minimum Gasteiger partial charge on any atom is -0.318 e. The molecule has 1 aliphatic rings. The van der Waals surface area contributed by atoms with Crippen molar-refractivity contribution < 1.29 is 0 Å². The molecule has 1 N–H and O–H groups in total. The van der Waals surface area contributed by atoms with E-state index in [4.69, 9.17) is 0 Å². The molecular weight excluding hydrogens is 148 g/mol. The summed E-state index contributed by atoms with van der Waals surface area (Å²) in [6.07, 6.45) is 7.04. The number of hydrogen-bond donors (Lipinski definition) is 1. The molecule has 1 unspecified atom stereocenters. The molecule has 1 atom stereocenters. The summed E-state index contributed by atoms with van der Waals surface area (Å²) in [5, 5.41) is 3.27. The Hall–Kier alpha value is -0.0800. The fourth-order valence-corrected chi connectivity index (χ4v) is 1.99. The van der Waals surface area contributed by atoms with Crippen molar-refractivity contribution in [2.45, 2.75) is 38.1 Å². The molecule has 0 saturated carbocycles. The first-order valence-corrected chi connectivity index (χ1v) is 5.19. The average Bonchev–Trinajstić information content (AvgIpc) is 2.05. The number of nitrogens with zero attached hydrogens (tertiary/aromatic N) is 1. The van der Waals surface area contributed by atoms with Gasteiger partial charge >= 0.3 is 0 Å². The topological polar surface area (TPSA) is 15.3 Å². The molecule has 0 radical (unpaired) electrons. The van der Waals surface area contributed by atoms with E-state index < -0.39 is 0 Å². The molecule has 1 aliphatic heterocycles. The van der Waals surface area contributed by atoms with Crippen molar-refractivity contribution in [3.8, 4) is 0 Å². The zero-order chi connectivity index (χ0) is 8.81. The van der Waals surface area contributed by atoms with Crippen molar-refractivity contribution in [1.29, 1.82) is 0 Å². The molecule has 1 fully saturated rings. The van der Waals surface area contributed by atoms with Crippen molar-refractivity contribution in [2.24, 2.45) is 0 Å². The minimum absolute atomic E-state index is 0.773. The van der Waals surface area contributed by atoms with Crippen LogP contribution in [0.2, 0.25) is 0 Å². The Morgan fingerprint density at radius 3 is 2.75 bits per heavy atom. The van der Waals surface area contributed by atoms with Crippen LogP contribution < -0.4 is 5.32 Å². The smallest absolute Gasteiger partial charge is 0.0217 e. The average molecular weight is 170 g/mol. The molecule has 1 saturated heterocycles. The van der Waals surface area contributed by atoms with E-state index in [2.05, 4.69) is 17.3 Å². The Morgan fingerprint density at radius 1 is 1.25 bits per heavy atom. The van der Waals surface area contributed by atoms with Gasteiger partial charge in [0.2, 0.25) is 0 Å². The quantitative estimate of drug-likeness (QED) is 0.675. The van der Waals surface area contributed by atoms with E-state index in [1.54, 1.807) is 0 Å². The molecular formula is C10H22N2. The van der Waals surface area contributed by atoms with Crippen molar-refractivity contribution in [3.63, 3.8) is 0 Å². The van der Waals surface area contributed by atoms with Crippen LogP contribution in [-0.4, -0.2) is 38.1 Å². The Bertz CT molecular complexity index is 114. The van der Waals surface area contributed by atoms with E-state index in [9.17, 15) is 0 Å². The summed E-state index contributed by atoms with van der Waals surface area (Å²) in [6, 6.07) is 0.773. The van der Waals surface area contributed by atoms with Crippen LogP contribution >= 0.6 is 0 Å². The number of hydrogen-bond acceptors (Lipinski definition) is 2. The predicted molar refractivity (Wildman–Crippen MR) is 53.4 cm³/mol. The Labute approximate surface area is 76.3 Å². The van der Waals surface area contributed by atoms with Crippen LogP contribution in [0.1, 0.15) is 32.1 Å². The molecule has 0 aromatic heterocycles. The first-order valence-electron chi connectivity index (χ1n) is 5.19. The molecule has 0 amide bonds. The van der Waals surface area contributed by atoms with Gasteiger partial charge in [-0.25, -0.2) is 0 Å². The Morgan fingerprint density at radius 2 is 2.00 bits per heavy atom. The first-order chi connectivity index (χ1) is 5.84. The highest BCUT2D eigenvalue weighted by molar-refractivity contribution is 4.72. The summed E-state index contributed by atoms with van der Waals surface area (Å²) < 4.78 is 0. The maximum absolute atomic E-state index is 3.27. The second-order valence-electron chi connectivity index (χ2n) is 3.89. The number of likely N-dealkylation sites (tertiary alicyclic amines) is 1. The van der Waals surface area contributed by atoms with Crippen molar-refractivity contribution in [3.05, 3.63) is 0 Å². The third-order valence-corrected chi connectivity index (χ3v) is 2.86. The van der Waals surface area contributed by atoms with E-state index in [1.165, 1.54) is 38.6 Å². The summed E-state index contributed by atoms with van der Waals surface area (Å²) in [4.78, 5) is 2.51. The lowest BCUT2D eigenvalue weighted by atomic mass is 10.0. The van der Waals surface area contributed by atoms with E-state index in [0.29, 0.717) is 0 Å². The monoisotopic (exact) mass is 170 g/mol. The SMILES string of the molecule is CNCC1CCCCCCN1C. The van der Waals surface area contributed by atoms with Gasteiger partial charge < -0.3 is 10.2 Å². The van der Waals surface area contributed by atoms with Crippen molar-refractivity contribution in [2.75, 3.05) is 27.2 Å².